The first-order chi connectivity index (χ1) is 9.74. The van der Waals surface area contributed by atoms with Crippen molar-refractivity contribution >= 4 is 11.2 Å². The zero-order valence-electron chi connectivity index (χ0n) is 12.3. The van der Waals surface area contributed by atoms with Gasteiger partial charge >= 0.3 is 0 Å². The van der Waals surface area contributed by atoms with Crippen molar-refractivity contribution in [3.8, 4) is 0 Å². The van der Waals surface area contributed by atoms with Crippen LogP contribution >= 0.6 is 0 Å². The van der Waals surface area contributed by atoms with Crippen molar-refractivity contribution in [3.05, 3.63) is 24.2 Å². The van der Waals surface area contributed by atoms with Crippen molar-refractivity contribution in [2.75, 3.05) is 33.7 Å². The van der Waals surface area contributed by atoms with E-state index in [2.05, 4.69) is 39.9 Å². The fraction of sp³-hybridized carbons (Fsp3) is 0.600. The molecular weight excluding hydrogens is 250 g/mol. The first-order valence-electron chi connectivity index (χ1n) is 7.39. The Morgan fingerprint density at radius 3 is 3.10 bits per heavy atom. The molecule has 0 aromatic carbocycles. The van der Waals surface area contributed by atoms with Crippen LogP contribution in [0.15, 0.2) is 18.3 Å². The Bertz CT molecular complexity index is 569. The Balaban J connectivity index is 1.89. The van der Waals surface area contributed by atoms with E-state index in [4.69, 9.17) is 4.98 Å². The van der Waals surface area contributed by atoms with E-state index in [1.54, 1.807) is 0 Å². The molecule has 1 aliphatic heterocycles. The summed E-state index contributed by atoms with van der Waals surface area (Å²) in [6, 6.07) is 4.03. The summed E-state index contributed by atoms with van der Waals surface area (Å²) >= 11 is 0. The summed E-state index contributed by atoms with van der Waals surface area (Å²) in [6.07, 6.45) is 4.16. The predicted molar refractivity (Wildman–Crippen MR) is 80.8 cm³/mol. The van der Waals surface area contributed by atoms with Gasteiger partial charge in [0.05, 0.1) is 0 Å². The predicted octanol–water partition coefficient (Wildman–Crippen LogP) is 1.14. The summed E-state index contributed by atoms with van der Waals surface area (Å²) in [5, 5.41) is 3.44. The molecule has 1 atom stereocenters. The summed E-state index contributed by atoms with van der Waals surface area (Å²) < 4.78 is 2.30. The molecule has 3 heterocycles. The van der Waals surface area contributed by atoms with Crippen molar-refractivity contribution in [3.63, 3.8) is 0 Å². The molecule has 5 heteroatoms. The minimum Gasteiger partial charge on any atom is -0.316 e. The molecule has 2 aromatic rings. The third kappa shape index (κ3) is 2.83. The molecule has 0 saturated carbocycles. The van der Waals surface area contributed by atoms with E-state index in [9.17, 15) is 0 Å². The first-order valence-corrected chi connectivity index (χ1v) is 7.39. The van der Waals surface area contributed by atoms with Gasteiger partial charge in [0.25, 0.3) is 0 Å². The first kappa shape index (κ1) is 13.5. The van der Waals surface area contributed by atoms with Gasteiger partial charge in [-0.15, -0.1) is 0 Å². The molecule has 0 spiro atoms. The van der Waals surface area contributed by atoms with Crippen LogP contribution in [-0.4, -0.2) is 53.2 Å². The third-order valence-electron chi connectivity index (χ3n) is 3.99. The number of hydrogen-bond acceptors (Lipinski definition) is 4. The van der Waals surface area contributed by atoms with E-state index in [0.29, 0.717) is 5.92 Å². The zero-order chi connectivity index (χ0) is 13.9. The van der Waals surface area contributed by atoms with Crippen LogP contribution in [-0.2, 0) is 13.0 Å². The Kier molecular flexibility index (Phi) is 3.98. The standard InChI is InChI=1S/C15H23N5/c1-19(2)8-9-20-14(10-12-5-7-16-11-12)18-13-4-3-6-17-15(13)20/h3-4,6,12,16H,5,7-11H2,1-2H3. The Hall–Kier alpha value is -1.46. The topological polar surface area (TPSA) is 46.0 Å². The van der Waals surface area contributed by atoms with Gasteiger partial charge in [0.15, 0.2) is 5.65 Å². The molecule has 0 aliphatic carbocycles. The number of nitrogens with zero attached hydrogens (tertiary/aromatic N) is 4. The molecule has 2 aromatic heterocycles. The largest absolute Gasteiger partial charge is 0.316 e. The minimum absolute atomic E-state index is 0.713. The normalized spacial score (nSPS) is 19.2. The molecule has 1 unspecified atom stereocenters. The maximum absolute atomic E-state index is 4.81. The lowest BCUT2D eigenvalue weighted by Gasteiger charge is -2.14. The average Bonchev–Trinajstić information content (AvgIpc) is 3.04. The van der Waals surface area contributed by atoms with Gasteiger partial charge < -0.3 is 14.8 Å². The molecular formula is C15H23N5. The molecule has 3 rings (SSSR count). The summed E-state index contributed by atoms with van der Waals surface area (Å²) in [5.41, 5.74) is 2.04. The third-order valence-corrected chi connectivity index (χ3v) is 3.99. The number of fused-ring (bicyclic) bond motifs is 1. The highest BCUT2D eigenvalue weighted by Crippen LogP contribution is 2.19. The van der Waals surface area contributed by atoms with Crippen LogP contribution < -0.4 is 5.32 Å². The highest BCUT2D eigenvalue weighted by atomic mass is 15.2. The summed E-state index contributed by atoms with van der Waals surface area (Å²) in [6.45, 7) is 4.22. The number of imidazole rings is 1. The Labute approximate surface area is 120 Å². The smallest absolute Gasteiger partial charge is 0.160 e. The Morgan fingerprint density at radius 2 is 2.35 bits per heavy atom. The monoisotopic (exact) mass is 273 g/mol. The van der Waals surface area contributed by atoms with E-state index in [0.717, 1.165) is 43.8 Å². The highest BCUT2D eigenvalue weighted by Gasteiger charge is 2.19. The van der Waals surface area contributed by atoms with Crippen LogP contribution in [0.3, 0.4) is 0 Å². The maximum Gasteiger partial charge on any atom is 0.160 e. The average molecular weight is 273 g/mol. The van der Waals surface area contributed by atoms with E-state index >= 15 is 0 Å². The number of pyridine rings is 1. The van der Waals surface area contributed by atoms with E-state index in [-0.39, 0.29) is 0 Å². The second kappa shape index (κ2) is 5.89. The summed E-state index contributed by atoms with van der Waals surface area (Å²) in [7, 11) is 4.21. The van der Waals surface area contributed by atoms with Crippen molar-refractivity contribution < 1.29 is 0 Å². The van der Waals surface area contributed by atoms with Gasteiger partial charge in [-0.3, -0.25) is 0 Å². The molecule has 1 N–H and O–H groups in total. The zero-order valence-corrected chi connectivity index (χ0v) is 12.3. The number of likely N-dealkylation sites (N-methyl/N-ethyl adjacent to an activating group) is 1. The lowest BCUT2D eigenvalue weighted by molar-refractivity contribution is 0.380. The van der Waals surface area contributed by atoms with Crippen molar-refractivity contribution in [1.82, 2.24) is 24.8 Å². The van der Waals surface area contributed by atoms with Gasteiger partial charge in [0.1, 0.15) is 11.3 Å². The van der Waals surface area contributed by atoms with Crippen molar-refractivity contribution in [2.45, 2.75) is 19.4 Å². The minimum atomic E-state index is 0.713. The molecule has 1 aliphatic rings. The van der Waals surface area contributed by atoms with Gasteiger partial charge in [-0.2, -0.15) is 0 Å². The van der Waals surface area contributed by atoms with Crippen LogP contribution in [0.5, 0.6) is 0 Å². The molecule has 20 heavy (non-hydrogen) atoms. The number of hydrogen-bond donors (Lipinski definition) is 1. The van der Waals surface area contributed by atoms with Gasteiger partial charge in [-0.1, -0.05) is 0 Å². The lowest BCUT2D eigenvalue weighted by atomic mass is 10.0. The highest BCUT2D eigenvalue weighted by molar-refractivity contribution is 5.71. The van der Waals surface area contributed by atoms with E-state index in [1.807, 2.05) is 12.3 Å². The van der Waals surface area contributed by atoms with Crippen LogP contribution in [0.25, 0.3) is 11.2 Å². The van der Waals surface area contributed by atoms with E-state index < -0.39 is 0 Å². The molecule has 1 fully saturated rings. The fourth-order valence-corrected chi connectivity index (χ4v) is 2.84. The van der Waals surface area contributed by atoms with Gasteiger partial charge in [0, 0.05) is 25.7 Å². The van der Waals surface area contributed by atoms with Crippen LogP contribution in [0.4, 0.5) is 0 Å². The molecule has 5 nitrogen and oxygen atoms in total. The lowest BCUT2D eigenvalue weighted by Crippen LogP contribution is -2.21. The molecule has 0 amide bonds. The van der Waals surface area contributed by atoms with Crippen LogP contribution in [0.1, 0.15) is 12.2 Å². The van der Waals surface area contributed by atoms with Gasteiger partial charge in [0.2, 0.25) is 0 Å². The van der Waals surface area contributed by atoms with E-state index in [1.165, 1.54) is 12.2 Å². The summed E-state index contributed by atoms with van der Waals surface area (Å²) in [5.74, 6) is 1.90. The molecule has 0 radical (unpaired) electrons. The molecule has 1 saturated heterocycles. The second-order valence-electron chi connectivity index (χ2n) is 5.89. The number of nitrogens with one attached hydrogen (secondary N) is 1. The second-order valence-corrected chi connectivity index (χ2v) is 5.89. The molecule has 0 bridgehead atoms. The van der Waals surface area contributed by atoms with Crippen molar-refractivity contribution in [2.24, 2.45) is 5.92 Å². The Morgan fingerprint density at radius 1 is 1.45 bits per heavy atom. The quantitative estimate of drug-likeness (QED) is 0.887. The van der Waals surface area contributed by atoms with Gasteiger partial charge in [-0.05, 0) is 51.7 Å². The maximum atomic E-state index is 4.81. The van der Waals surface area contributed by atoms with Crippen molar-refractivity contribution in [1.29, 1.82) is 0 Å². The van der Waals surface area contributed by atoms with Gasteiger partial charge in [-0.25, -0.2) is 9.97 Å². The fourth-order valence-electron chi connectivity index (χ4n) is 2.84. The SMILES string of the molecule is CN(C)CCn1c(CC2CCNC2)nc2cccnc21. The number of aromatic nitrogens is 3. The number of rotatable bonds is 5. The van der Waals surface area contributed by atoms with Crippen LogP contribution in [0.2, 0.25) is 0 Å². The van der Waals surface area contributed by atoms with Crippen LogP contribution in [0, 0.1) is 5.92 Å². The molecule has 108 valence electrons. The summed E-state index contributed by atoms with van der Waals surface area (Å²) in [4.78, 5) is 11.5.